The van der Waals surface area contributed by atoms with E-state index in [-0.39, 0.29) is 12.0 Å². The molecule has 0 atom stereocenters. The Morgan fingerprint density at radius 1 is 0.806 bits per heavy atom. The van der Waals surface area contributed by atoms with Crippen molar-refractivity contribution in [2.45, 2.75) is 67.7 Å². The fourth-order valence-electron chi connectivity index (χ4n) is 3.58. The molecule has 0 saturated heterocycles. The Hall–Kier alpha value is -2.38. The van der Waals surface area contributed by atoms with E-state index in [0.717, 1.165) is 11.1 Å². The standard InChI is InChI=1S/C30H42O/c1-24(13-8-9-14-25(2)16-11-18-27(4)23-31)15-10-17-26(3)20-21-29-28(5)19-12-22-30(29,6)7/h8-11,13-18,20-21,31H,12,19,22-23H2,1-7H3/b9-8+,15-10+,16-11+,21-20+,24-13+,25-14+,26-17-,27-18+. The first-order chi connectivity index (χ1) is 14.7. The highest BCUT2D eigenvalue weighted by Gasteiger charge is 2.26. The minimum Gasteiger partial charge on any atom is -0.392 e. The zero-order valence-corrected chi connectivity index (χ0v) is 20.7. The van der Waals surface area contributed by atoms with Gasteiger partial charge in [0.2, 0.25) is 0 Å². The molecule has 1 aliphatic carbocycles. The average molecular weight is 419 g/mol. The Labute approximate surface area is 191 Å². The molecule has 1 heteroatoms. The topological polar surface area (TPSA) is 20.2 Å². The summed E-state index contributed by atoms with van der Waals surface area (Å²) in [4.78, 5) is 0. The molecule has 1 aliphatic rings. The zero-order valence-electron chi connectivity index (χ0n) is 20.7. The Morgan fingerprint density at radius 2 is 1.32 bits per heavy atom. The van der Waals surface area contributed by atoms with Gasteiger partial charge >= 0.3 is 0 Å². The van der Waals surface area contributed by atoms with Crippen LogP contribution in [0.25, 0.3) is 0 Å². The van der Waals surface area contributed by atoms with Crippen LogP contribution in [0.4, 0.5) is 0 Å². The Morgan fingerprint density at radius 3 is 1.87 bits per heavy atom. The van der Waals surface area contributed by atoms with Gasteiger partial charge in [0.05, 0.1) is 6.61 Å². The van der Waals surface area contributed by atoms with Crippen molar-refractivity contribution in [2.75, 3.05) is 6.61 Å². The number of allylic oxidation sites excluding steroid dienone is 17. The Bertz CT molecular complexity index is 858. The smallest absolute Gasteiger partial charge is 0.0642 e. The van der Waals surface area contributed by atoms with Gasteiger partial charge in [0.15, 0.2) is 0 Å². The Balaban J connectivity index is 2.64. The molecule has 0 heterocycles. The van der Waals surface area contributed by atoms with E-state index in [1.807, 2.05) is 31.2 Å². The summed E-state index contributed by atoms with van der Waals surface area (Å²) in [5.41, 5.74) is 7.92. The lowest BCUT2D eigenvalue weighted by molar-refractivity contribution is 0.331. The molecule has 0 spiro atoms. The van der Waals surface area contributed by atoms with Crippen LogP contribution in [-0.4, -0.2) is 11.7 Å². The van der Waals surface area contributed by atoms with Gasteiger partial charge in [0, 0.05) is 0 Å². The van der Waals surface area contributed by atoms with Crippen molar-refractivity contribution in [3.05, 3.63) is 106 Å². The van der Waals surface area contributed by atoms with Gasteiger partial charge in [-0.1, -0.05) is 109 Å². The second kappa shape index (κ2) is 13.8. The molecular formula is C30H42O. The summed E-state index contributed by atoms with van der Waals surface area (Å²) in [5.74, 6) is 0. The van der Waals surface area contributed by atoms with Gasteiger partial charge in [-0.3, -0.25) is 0 Å². The summed E-state index contributed by atoms with van der Waals surface area (Å²) in [6, 6.07) is 0. The second-order valence-electron chi connectivity index (χ2n) is 9.27. The van der Waals surface area contributed by atoms with Gasteiger partial charge in [-0.25, -0.2) is 0 Å². The lowest BCUT2D eigenvalue weighted by Crippen LogP contribution is -2.19. The first-order valence-electron chi connectivity index (χ1n) is 11.4. The molecule has 1 N–H and O–H groups in total. The molecule has 0 saturated carbocycles. The van der Waals surface area contributed by atoms with E-state index in [9.17, 15) is 0 Å². The normalized spacial score (nSPS) is 19.7. The zero-order chi connectivity index (χ0) is 23.3. The number of aliphatic hydroxyl groups is 1. The Kier molecular flexibility index (Phi) is 11.9. The van der Waals surface area contributed by atoms with Crippen molar-refractivity contribution in [3.8, 4) is 0 Å². The largest absolute Gasteiger partial charge is 0.392 e. The third-order valence-electron chi connectivity index (χ3n) is 5.59. The maximum atomic E-state index is 8.98. The van der Waals surface area contributed by atoms with Crippen LogP contribution < -0.4 is 0 Å². The van der Waals surface area contributed by atoms with Crippen LogP contribution in [0, 0.1) is 5.41 Å². The van der Waals surface area contributed by atoms with Gasteiger partial charge in [0.1, 0.15) is 0 Å². The van der Waals surface area contributed by atoms with Crippen LogP contribution in [0.15, 0.2) is 106 Å². The third-order valence-corrected chi connectivity index (χ3v) is 5.59. The molecule has 168 valence electrons. The number of rotatable bonds is 9. The summed E-state index contributed by atoms with van der Waals surface area (Å²) < 4.78 is 0. The van der Waals surface area contributed by atoms with Crippen LogP contribution in [0.2, 0.25) is 0 Å². The molecule has 0 aromatic heterocycles. The van der Waals surface area contributed by atoms with Crippen molar-refractivity contribution in [2.24, 2.45) is 5.41 Å². The second-order valence-corrected chi connectivity index (χ2v) is 9.27. The third kappa shape index (κ3) is 11.0. The van der Waals surface area contributed by atoms with Gasteiger partial charge in [-0.2, -0.15) is 0 Å². The van der Waals surface area contributed by atoms with Gasteiger partial charge < -0.3 is 5.11 Å². The van der Waals surface area contributed by atoms with E-state index in [4.69, 9.17) is 5.11 Å². The quantitative estimate of drug-likeness (QED) is 0.372. The molecule has 0 aliphatic heterocycles. The van der Waals surface area contributed by atoms with Crippen molar-refractivity contribution in [1.82, 2.24) is 0 Å². The van der Waals surface area contributed by atoms with Crippen molar-refractivity contribution in [1.29, 1.82) is 0 Å². The molecule has 0 aromatic rings. The van der Waals surface area contributed by atoms with Gasteiger partial charge in [-0.05, 0) is 70.4 Å². The summed E-state index contributed by atoms with van der Waals surface area (Å²) in [7, 11) is 0. The summed E-state index contributed by atoms with van der Waals surface area (Å²) in [6.07, 6.45) is 29.0. The van der Waals surface area contributed by atoms with Crippen molar-refractivity contribution >= 4 is 0 Å². The fourth-order valence-corrected chi connectivity index (χ4v) is 3.58. The number of hydrogen-bond acceptors (Lipinski definition) is 1. The molecule has 31 heavy (non-hydrogen) atoms. The molecule has 0 radical (unpaired) electrons. The highest BCUT2D eigenvalue weighted by molar-refractivity contribution is 5.37. The lowest BCUT2D eigenvalue weighted by atomic mass is 9.72. The van der Waals surface area contributed by atoms with E-state index in [0.29, 0.717) is 0 Å². The minimum absolute atomic E-state index is 0.103. The maximum absolute atomic E-state index is 8.98. The van der Waals surface area contributed by atoms with E-state index >= 15 is 0 Å². The number of hydrogen-bond donors (Lipinski definition) is 1. The van der Waals surface area contributed by atoms with E-state index in [1.165, 1.54) is 41.6 Å². The SMILES string of the molecule is CC1=C(/C=C/C(C)=C\C=C\C(C)=C\C=C\C=C(C)\C=C\C=C(/C)CO)C(C)(C)CCC1. The molecule has 0 fully saturated rings. The van der Waals surface area contributed by atoms with E-state index in [1.54, 1.807) is 0 Å². The first-order valence-corrected chi connectivity index (χ1v) is 11.4. The molecule has 1 nitrogen and oxygen atoms in total. The summed E-state index contributed by atoms with van der Waals surface area (Å²) >= 11 is 0. The van der Waals surface area contributed by atoms with Crippen LogP contribution in [0.5, 0.6) is 0 Å². The lowest BCUT2D eigenvalue weighted by Gasteiger charge is -2.32. The molecule has 0 unspecified atom stereocenters. The maximum Gasteiger partial charge on any atom is 0.0642 e. The minimum atomic E-state index is 0.103. The van der Waals surface area contributed by atoms with Crippen LogP contribution in [0.3, 0.4) is 0 Å². The predicted molar refractivity (Wildman–Crippen MR) is 139 cm³/mol. The van der Waals surface area contributed by atoms with Gasteiger partial charge in [0.25, 0.3) is 0 Å². The van der Waals surface area contributed by atoms with E-state index in [2.05, 4.69) is 90.2 Å². The van der Waals surface area contributed by atoms with E-state index < -0.39 is 0 Å². The fraction of sp³-hybridized carbons (Fsp3) is 0.400. The van der Waals surface area contributed by atoms with Crippen molar-refractivity contribution < 1.29 is 5.11 Å². The molecular weight excluding hydrogens is 376 g/mol. The highest BCUT2D eigenvalue weighted by atomic mass is 16.3. The molecule has 0 amide bonds. The van der Waals surface area contributed by atoms with Gasteiger partial charge in [-0.15, -0.1) is 0 Å². The average Bonchev–Trinajstić information content (AvgIpc) is 2.70. The summed E-state index contributed by atoms with van der Waals surface area (Å²) in [6.45, 7) is 15.3. The molecule has 0 aromatic carbocycles. The van der Waals surface area contributed by atoms with Crippen LogP contribution >= 0.6 is 0 Å². The predicted octanol–water partition coefficient (Wildman–Crippen LogP) is 8.52. The van der Waals surface area contributed by atoms with Crippen LogP contribution in [-0.2, 0) is 0 Å². The monoisotopic (exact) mass is 418 g/mol. The molecule has 0 bridgehead atoms. The molecule has 1 rings (SSSR count). The first kappa shape index (κ1) is 26.7. The van der Waals surface area contributed by atoms with Crippen molar-refractivity contribution in [3.63, 3.8) is 0 Å². The highest BCUT2D eigenvalue weighted by Crippen LogP contribution is 2.40. The summed E-state index contributed by atoms with van der Waals surface area (Å²) in [5, 5.41) is 8.98. The van der Waals surface area contributed by atoms with Crippen LogP contribution in [0.1, 0.15) is 67.7 Å². The number of aliphatic hydroxyl groups excluding tert-OH is 1.